The number of anilines is 1. The standard InChI is InChI=1S/C17H13ClN6OS/c1-23-16-12(13(22-23)10-4-2-3-5-19-10)9(8-11(25)20-16)14-15(18)21-17-24(14)6-7-26-17/h2-7,9H,8H2,1H3,(H,20,25)/t9-/m1/s1. The zero-order valence-corrected chi connectivity index (χ0v) is 15.3. The molecule has 1 atom stereocenters. The smallest absolute Gasteiger partial charge is 0.226 e. The predicted octanol–water partition coefficient (Wildman–Crippen LogP) is 3.32. The Labute approximate surface area is 157 Å². The van der Waals surface area contributed by atoms with Crippen LogP contribution < -0.4 is 5.32 Å². The molecule has 0 bridgehead atoms. The molecule has 9 heteroatoms. The Kier molecular flexibility index (Phi) is 3.38. The number of hydrogen-bond donors (Lipinski definition) is 1. The van der Waals surface area contributed by atoms with Gasteiger partial charge in [-0.15, -0.1) is 11.3 Å². The van der Waals surface area contributed by atoms with Crippen molar-refractivity contribution >= 4 is 39.6 Å². The van der Waals surface area contributed by atoms with Gasteiger partial charge in [0.2, 0.25) is 5.91 Å². The predicted molar refractivity (Wildman–Crippen MR) is 99.6 cm³/mol. The summed E-state index contributed by atoms with van der Waals surface area (Å²) >= 11 is 7.97. The Morgan fingerprint density at radius 1 is 1.38 bits per heavy atom. The number of aromatic nitrogens is 5. The molecule has 130 valence electrons. The van der Waals surface area contributed by atoms with Gasteiger partial charge < -0.3 is 5.32 Å². The van der Waals surface area contributed by atoms with Crippen LogP contribution in [0.2, 0.25) is 5.15 Å². The Balaban J connectivity index is 1.79. The van der Waals surface area contributed by atoms with E-state index in [0.717, 1.165) is 27.6 Å². The van der Waals surface area contributed by atoms with Crippen LogP contribution in [0, 0.1) is 0 Å². The highest BCUT2D eigenvalue weighted by Gasteiger charge is 2.36. The summed E-state index contributed by atoms with van der Waals surface area (Å²) in [6, 6.07) is 5.69. The van der Waals surface area contributed by atoms with Crippen LogP contribution in [0.25, 0.3) is 16.3 Å². The first-order valence-electron chi connectivity index (χ1n) is 8.02. The minimum Gasteiger partial charge on any atom is -0.311 e. The summed E-state index contributed by atoms with van der Waals surface area (Å²) in [5, 5.41) is 9.93. The van der Waals surface area contributed by atoms with Gasteiger partial charge in [-0.25, -0.2) is 4.98 Å². The fourth-order valence-electron chi connectivity index (χ4n) is 3.50. The summed E-state index contributed by atoms with van der Waals surface area (Å²) in [5.41, 5.74) is 3.23. The number of carbonyl (C=O) groups is 1. The van der Waals surface area contributed by atoms with Crippen LogP contribution >= 0.6 is 22.9 Å². The topological polar surface area (TPSA) is 77.1 Å². The minimum absolute atomic E-state index is 0.0701. The number of pyridine rings is 1. The van der Waals surface area contributed by atoms with Crippen molar-refractivity contribution in [3.63, 3.8) is 0 Å². The number of halogens is 1. The van der Waals surface area contributed by atoms with Crippen molar-refractivity contribution in [3.05, 3.63) is 52.4 Å². The van der Waals surface area contributed by atoms with E-state index in [-0.39, 0.29) is 18.2 Å². The van der Waals surface area contributed by atoms with E-state index in [1.54, 1.807) is 10.9 Å². The summed E-state index contributed by atoms with van der Waals surface area (Å²) in [4.78, 5) is 22.0. The first-order valence-corrected chi connectivity index (χ1v) is 9.28. The molecule has 0 aliphatic carbocycles. The van der Waals surface area contributed by atoms with E-state index in [1.807, 2.05) is 41.2 Å². The van der Waals surface area contributed by atoms with Crippen LogP contribution in [-0.4, -0.2) is 30.1 Å². The monoisotopic (exact) mass is 384 g/mol. The summed E-state index contributed by atoms with van der Waals surface area (Å²) < 4.78 is 3.64. The highest BCUT2D eigenvalue weighted by Crippen LogP contribution is 2.44. The molecular weight excluding hydrogens is 372 g/mol. The average Bonchev–Trinajstić information content (AvgIpc) is 3.29. The Morgan fingerprint density at radius 3 is 3.08 bits per heavy atom. The number of fused-ring (bicyclic) bond motifs is 2. The molecule has 5 heterocycles. The number of carbonyl (C=O) groups excluding carboxylic acids is 1. The molecule has 0 radical (unpaired) electrons. The molecule has 1 amide bonds. The third kappa shape index (κ3) is 2.19. The maximum Gasteiger partial charge on any atom is 0.226 e. The lowest BCUT2D eigenvalue weighted by Gasteiger charge is -2.23. The highest BCUT2D eigenvalue weighted by atomic mass is 35.5. The maximum absolute atomic E-state index is 12.4. The van der Waals surface area contributed by atoms with E-state index in [4.69, 9.17) is 11.6 Å². The van der Waals surface area contributed by atoms with Crippen LogP contribution in [0.1, 0.15) is 23.6 Å². The molecule has 0 aromatic carbocycles. The lowest BCUT2D eigenvalue weighted by Crippen LogP contribution is -2.25. The molecule has 26 heavy (non-hydrogen) atoms. The maximum atomic E-state index is 12.4. The van der Waals surface area contributed by atoms with Crippen molar-refractivity contribution in [1.29, 1.82) is 0 Å². The molecule has 1 aliphatic heterocycles. The van der Waals surface area contributed by atoms with Crippen LogP contribution in [-0.2, 0) is 11.8 Å². The molecule has 5 rings (SSSR count). The van der Waals surface area contributed by atoms with E-state index in [1.165, 1.54) is 11.3 Å². The van der Waals surface area contributed by atoms with Gasteiger partial charge in [-0.1, -0.05) is 17.7 Å². The second kappa shape index (κ2) is 5.65. The van der Waals surface area contributed by atoms with Crippen LogP contribution in [0.5, 0.6) is 0 Å². The van der Waals surface area contributed by atoms with Gasteiger partial charge in [-0.2, -0.15) is 5.10 Å². The van der Waals surface area contributed by atoms with Crippen molar-refractivity contribution in [2.24, 2.45) is 7.05 Å². The zero-order valence-electron chi connectivity index (χ0n) is 13.7. The Bertz CT molecular complexity index is 1150. The van der Waals surface area contributed by atoms with Gasteiger partial charge in [0.1, 0.15) is 11.5 Å². The van der Waals surface area contributed by atoms with E-state index in [9.17, 15) is 4.79 Å². The number of nitrogens with one attached hydrogen (secondary N) is 1. The number of amides is 1. The van der Waals surface area contributed by atoms with Crippen LogP contribution in [0.4, 0.5) is 5.82 Å². The van der Waals surface area contributed by atoms with Gasteiger partial charge in [-0.05, 0) is 12.1 Å². The van der Waals surface area contributed by atoms with E-state index < -0.39 is 0 Å². The molecule has 0 saturated heterocycles. The molecule has 7 nitrogen and oxygen atoms in total. The average molecular weight is 385 g/mol. The normalized spacial score (nSPS) is 16.7. The van der Waals surface area contributed by atoms with Crippen LogP contribution in [0.3, 0.4) is 0 Å². The highest BCUT2D eigenvalue weighted by molar-refractivity contribution is 7.15. The molecular formula is C17H13ClN6OS. The number of imidazole rings is 1. The summed E-state index contributed by atoms with van der Waals surface area (Å²) in [5.74, 6) is 0.356. The molecule has 1 N–H and O–H groups in total. The number of rotatable bonds is 2. The van der Waals surface area contributed by atoms with Gasteiger partial charge in [0.05, 0.1) is 11.4 Å². The first-order chi connectivity index (χ1) is 12.6. The number of thiazole rings is 1. The Hall–Kier alpha value is -2.71. The number of hydrogen-bond acceptors (Lipinski definition) is 5. The molecule has 1 aliphatic rings. The van der Waals surface area contributed by atoms with Crippen molar-refractivity contribution < 1.29 is 4.79 Å². The number of nitrogens with zero attached hydrogens (tertiary/aromatic N) is 5. The lowest BCUT2D eigenvalue weighted by molar-refractivity contribution is -0.116. The molecule has 0 fully saturated rings. The fourth-order valence-corrected chi connectivity index (χ4v) is 4.58. The van der Waals surface area contributed by atoms with E-state index in [2.05, 4.69) is 20.4 Å². The van der Waals surface area contributed by atoms with Gasteiger partial charge in [0, 0.05) is 42.7 Å². The second-order valence-corrected chi connectivity index (χ2v) is 7.33. The van der Waals surface area contributed by atoms with E-state index in [0.29, 0.717) is 11.0 Å². The van der Waals surface area contributed by atoms with Crippen LogP contribution in [0.15, 0.2) is 36.0 Å². The fraction of sp³-hybridized carbons (Fsp3) is 0.176. The van der Waals surface area contributed by atoms with Crippen molar-refractivity contribution in [1.82, 2.24) is 24.1 Å². The van der Waals surface area contributed by atoms with Gasteiger partial charge in [-0.3, -0.25) is 18.9 Å². The van der Waals surface area contributed by atoms with Gasteiger partial charge >= 0.3 is 0 Å². The van der Waals surface area contributed by atoms with Crippen molar-refractivity contribution in [3.8, 4) is 11.4 Å². The molecule has 4 aromatic rings. The zero-order chi connectivity index (χ0) is 17.8. The van der Waals surface area contributed by atoms with E-state index >= 15 is 0 Å². The molecule has 4 aromatic heterocycles. The van der Waals surface area contributed by atoms with Crippen molar-refractivity contribution in [2.45, 2.75) is 12.3 Å². The second-order valence-electron chi connectivity index (χ2n) is 6.10. The Morgan fingerprint density at radius 2 is 2.27 bits per heavy atom. The SMILES string of the molecule is Cn1nc(-c2ccccn2)c2c1NC(=O)C[C@H]2c1c(Cl)nc2sccn12. The summed E-state index contributed by atoms with van der Waals surface area (Å²) in [6.45, 7) is 0. The molecule has 0 spiro atoms. The molecule has 0 saturated carbocycles. The quantitative estimate of drug-likeness (QED) is 0.575. The summed E-state index contributed by atoms with van der Waals surface area (Å²) in [6.07, 6.45) is 3.94. The minimum atomic E-state index is -0.249. The third-order valence-electron chi connectivity index (χ3n) is 4.57. The third-order valence-corrected chi connectivity index (χ3v) is 5.61. The summed E-state index contributed by atoms with van der Waals surface area (Å²) in [7, 11) is 1.81. The van der Waals surface area contributed by atoms with Crippen molar-refractivity contribution in [2.75, 3.05) is 5.32 Å². The number of aryl methyl sites for hydroxylation is 1. The first kappa shape index (κ1) is 15.5. The lowest BCUT2D eigenvalue weighted by atomic mass is 9.88. The molecule has 0 unspecified atom stereocenters. The van der Waals surface area contributed by atoms with Gasteiger partial charge in [0.15, 0.2) is 10.1 Å². The van der Waals surface area contributed by atoms with Gasteiger partial charge in [0.25, 0.3) is 0 Å². The largest absolute Gasteiger partial charge is 0.311 e.